The lowest BCUT2D eigenvalue weighted by atomic mass is 9.66. The van der Waals surface area contributed by atoms with Gasteiger partial charge in [-0.2, -0.15) is 0 Å². The smallest absolute Gasteiger partial charge is 0.255 e. The molecule has 7 nitrogen and oxygen atoms in total. The van der Waals surface area contributed by atoms with Gasteiger partial charge >= 0.3 is 0 Å². The summed E-state index contributed by atoms with van der Waals surface area (Å²) in [5, 5.41) is -0.0614. The van der Waals surface area contributed by atoms with E-state index in [0.717, 1.165) is 22.4 Å². The molecular formula is C43H48N2O5Si. The molecule has 2 heterocycles. The third-order valence-corrected chi connectivity index (χ3v) is 15.3. The second-order valence-corrected chi connectivity index (χ2v) is 20.7. The van der Waals surface area contributed by atoms with Crippen molar-refractivity contribution < 1.29 is 23.5 Å². The van der Waals surface area contributed by atoms with Crippen molar-refractivity contribution in [3.63, 3.8) is 0 Å². The molecule has 3 atom stereocenters. The number of nitrogens with zero attached hydrogens (tertiary/aromatic N) is 2. The van der Waals surface area contributed by atoms with Crippen LogP contribution in [0.15, 0.2) is 121 Å². The lowest BCUT2D eigenvalue weighted by Crippen LogP contribution is -2.52. The Labute approximate surface area is 303 Å². The van der Waals surface area contributed by atoms with Crippen LogP contribution >= 0.6 is 0 Å². The largest absolute Gasteiger partial charge is 0.542 e. The van der Waals surface area contributed by atoms with Crippen LogP contribution < -0.4 is 14.2 Å². The molecule has 0 bridgehead atoms. The van der Waals surface area contributed by atoms with Gasteiger partial charge in [0, 0.05) is 11.3 Å². The molecule has 51 heavy (non-hydrogen) atoms. The summed E-state index contributed by atoms with van der Waals surface area (Å²) in [5.41, 5.74) is 3.35. The monoisotopic (exact) mass is 700 g/mol. The predicted octanol–water partition coefficient (Wildman–Crippen LogP) is 8.94. The maximum Gasteiger partial charge on any atom is 0.255 e. The summed E-state index contributed by atoms with van der Waals surface area (Å²) in [4.78, 5) is 34.6. The fourth-order valence-corrected chi connectivity index (χ4v) is 8.44. The van der Waals surface area contributed by atoms with E-state index in [0.29, 0.717) is 23.6 Å². The summed E-state index contributed by atoms with van der Waals surface area (Å²) in [7, 11) is -2.31. The number of benzene rings is 4. The summed E-state index contributed by atoms with van der Waals surface area (Å²) < 4.78 is 19.8. The van der Waals surface area contributed by atoms with Crippen molar-refractivity contribution in [2.24, 2.45) is 0 Å². The maximum absolute atomic E-state index is 15.7. The Balaban J connectivity index is 1.40. The lowest BCUT2D eigenvalue weighted by molar-refractivity contribution is -0.145. The van der Waals surface area contributed by atoms with E-state index in [1.54, 1.807) is 4.90 Å². The molecule has 3 aliphatic rings. The molecule has 0 N–H and O–H groups in total. The Morgan fingerprint density at radius 3 is 2.16 bits per heavy atom. The van der Waals surface area contributed by atoms with Crippen LogP contribution in [0.4, 0.5) is 11.4 Å². The number of ether oxygens (including phenoxy) is 2. The van der Waals surface area contributed by atoms with Crippen LogP contribution in [0, 0.1) is 0 Å². The highest BCUT2D eigenvalue weighted by molar-refractivity contribution is 6.74. The average Bonchev–Trinajstić information content (AvgIpc) is 3.52. The topological polar surface area (TPSA) is 68.3 Å². The van der Waals surface area contributed by atoms with E-state index in [9.17, 15) is 0 Å². The molecule has 8 heteroatoms. The minimum absolute atomic E-state index is 0.0614. The molecule has 1 aliphatic carbocycles. The number of carbonyl (C=O) groups excluding carboxylic acids is 2. The van der Waals surface area contributed by atoms with Crippen LogP contribution in [0.1, 0.15) is 57.7 Å². The van der Waals surface area contributed by atoms with Gasteiger partial charge in [-0.25, -0.2) is 0 Å². The van der Waals surface area contributed by atoms with Crippen LogP contribution in [0.25, 0.3) is 0 Å². The van der Waals surface area contributed by atoms with Crippen LogP contribution in [0.2, 0.25) is 18.1 Å². The Bertz CT molecular complexity index is 1970. The van der Waals surface area contributed by atoms with Gasteiger partial charge in [-0.05, 0) is 79.4 Å². The van der Waals surface area contributed by atoms with E-state index in [1.165, 1.54) is 0 Å². The first-order valence-corrected chi connectivity index (χ1v) is 20.8. The molecule has 0 aromatic heterocycles. The molecule has 0 unspecified atom stereocenters. The number of anilines is 2. The van der Waals surface area contributed by atoms with Crippen molar-refractivity contribution in [2.45, 2.75) is 95.7 Å². The van der Waals surface area contributed by atoms with Gasteiger partial charge in [0.15, 0.2) is 5.79 Å². The Kier molecular flexibility index (Phi) is 8.85. The molecule has 0 radical (unpaired) electrons. The van der Waals surface area contributed by atoms with E-state index >= 15 is 9.59 Å². The van der Waals surface area contributed by atoms with E-state index in [4.69, 9.17) is 13.9 Å². The highest BCUT2D eigenvalue weighted by atomic mass is 28.4. The Hall–Kier alpha value is -4.50. The van der Waals surface area contributed by atoms with Crippen molar-refractivity contribution >= 4 is 31.5 Å². The van der Waals surface area contributed by atoms with Crippen molar-refractivity contribution in [3.05, 3.63) is 138 Å². The molecular weight excluding hydrogens is 653 g/mol. The molecule has 1 spiro atoms. The quantitative estimate of drug-likeness (QED) is 0.172. The summed E-state index contributed by atoms with van der Waals surface area (Å²) >= 11 is 0. The second kappa shape index (κ2) is 12.9. The first-order valence-electron chi connectivity index (χ1n) is 17.9. The average molecular weight is 701 g/mol. The van der Waals surface area contributed by atoms with Crippen molar-refractivity contribution in [2.75, 3.05) is 9.80 Å². The maximum atomic E-state index is 15.7. The SMILES string of the molecule is CC1(C)O[C@@H]2C=C(C(=O)N(Cc3ccccc3)c3ccccc3O[Si](C)(C)C(C)(C)C)[C@@]3(C[C@H]2O1)C(=O)N(Cc1ccccc1)c1ccccc13. The fourth-order valence-electron chi connectivity index (χ4n) is 7.41. The first kappa shape index (κ1) is 34.9. The summed E-state index contributed by atoms with van der Waals surface area (Å²) in [6.07, 6.45) is 1.24. The minimum Gasteiger partial charge on any atom is -0.542 e. The fraction of sp³-hybridized carbons (Fsp3) is 0.349. The third-order valence-electron chi connectivity index (χ3n) is 11.0. The molecule has 2 amide bonds. The minimum atomic E-state index is -2.31. The highest BCUT2D eigenvalue weighted by Crippen LogP contribution is 2.55. The molecule has 0 saturated carbocycles. The van der Waals surface area contributed by atoms with E-state index < -0.39 is 31.7 Å². The molecule has 1 fully saturated rings. The van der Waals surface area contributed by atoms with Gasteiger partial charge in [-0.15, -0.1) is 0 Å². The predicted molar refractivity (Wildman–Crippen MR) is 204 cm³/mol. The number of para-hydroxylation sites is 3. The van der Waals surface area contributed by atoms with Gasteiger partial charge in [0.1, 0.15) is 17.3 Å². The van der Waals surface area contributed by atoms with Gasteiger partial charge in [-0.1, -0.05) is 112 Å². The van der Waals surface area contributed by atoms with Crippen LogP contribution in [0.5, 0.6) is 5.75 Å². The standard InChI is InChI=1S/C43H48N2O5Si/c1-41(2,3)51(6,7)50-36-25-17-16-24-35(36)44(28-30-18-10-8-11-19-30)39(46)33-26-37-38(49-42(4,5)48-37)27-43(33)32-22-14-15-23-34(32)45(40(43)47)29-31-20-12-9-13-21-31/h8-26,37-38H,27-29H2,1-7H3/t37-,38-,43+/m1/s1. The third kappa shape index (κ3) is 6.34. The molecule has 7 rings (SSSR count). The number of amides is 2. The number of hydrogen-bond donors (Lipinski definition) is 0. The van der Waals surface area contributed by atoms with Gasteiger partial charge in [0.2, 0.25) is 5.91 Å². The summed E-state index contributed by atoms with van der Waals surface area (Å²) in [6, 6.07) is 35.6. The van der Waals surface area contributed by atoms with Gasteiger partial charge in [0.25, 0.3) is 14.2 Å². The molecule has 2 aliphatic heterocycles. The van der Waals surface area contributed by atoms with Crippen molar-refractivity contribution in [3.8, 4) is 5.75 Å². The highest BCUT2D eigenvalue weighted by Gasteiger charge is 2.61. The molecule has 264 valence electrons. The number of hydrogen-bond acceptors (Lipinski definition) is 5. The Morgan fingerprint density at radius 2 is 1.47 bits per heavy atom. The zero-order valence-electron chi connectivity index (χ0n) is 30.7. The molecule has 4 aromatic carbocycles. The van der Waals surface area contributed by atoms with Crippen molar-refractivity contribution in [1.82, 2.24) is 0 Å². The van der Waals surface area contributed by atoms with Crippen molar-refractivity contribution in [1.29, 1.82) is 0 Å². The van der Waals surface area contributed by atoms with Gasteiger partial charge in [-0.3, -0.25) is 9.59 Å². The zero-order chi connectivity index (χ0) is 36.2. The molecule has 4 aromatic rings. The van der Waals surface area contributed by atoms with E-state index in [2.05, 4.69) is 33.9 Å². The number of carbonyl (C=O) groups is 2. The number of rotatable bonds is 8. The number of fused-ring (bicyclic) bond motifs is 3. The van der Waals surface area contributed by atoms with Crippen LogP contribution in [0.3, 0.4) is 0 Å². The second-order valence-electron chi connectivity index (χ2n) is 15.9. The normalized spacial score (nSPS) is 22.4. The van der Waals surface area contributed by atoms with Crippen LogP contribution in [-0.4, -0.2) is 38.1 Å². The van der Waals surface area contributed by atoms with Crippen LogP contribution in [-0.2, 0) is 37.6 Å². The Morgan fingerprint density at radius 1 is 0.863 bits per heavy atom. The van der Waals surface area contributed by atoms with E-state index in [-0.39, 0.29) is 29.8 Å². The van der Waals surface area contributed by atoms with Gasteiger partial charge in [0.05, 0.1) is 24.9 Å². The first-order chi connectivity index (χ1) is 24.2. The van der Waals surface area contributed by atoms with E-state index in [1.807, 2.05) is 134 Å². The zero-order valence-corrected chi connectivity index (χ0v) is 31.7. The van der Waals surface area contributed by atoms with Gasteiger partial charge < -0.3 is 23.7 Å². The summed E-state index contributed by atoms with van der Waals surface area (Å²) in [5.74, 6) is -0.614. The molecule has 1 saturated heterocycles. The lowest BCUT2D eigenvalue weighted by Gasteiger charge is -2.40. The summed E-state index contributed by atoms with van der Waals surface area (Å²) in [6.45, 7) is 15.5.